The number of nitrogens with zero attached hydrogens (tertiary/aromatic N) is 1. The van der Waals surface area contributed by atoms with Crippen LogP contribution in [0.4, 0.5) is 11.4 Å². The summed E-state index contributed by atoms with van der Waals surface area (Å²) in [4.78, 5) is 1.98. The SMILES string of the molecule is CN(c1cccc(S(N)(=O)=O)c1N)C1CCOCC1. The summed E-state index contributed by atoms with van der Waals surface area (Å²) >= 11 is 0. The number of hydrogen-bond donors (Lipinski definition) is 2. The molecule has 19 heavy (non-hydrogen) atoms. The summed E-state index contributed by atoms with van der Waals surface area (Å²) in [5.41, 5.74) is 6.85. The maximum absolute atomic E-state index is 11.5. The number of primary sulfonamides is 1. The summed E-state index contributed by atoms with van der Waals surface area (Å²) in [5, 5.41) is 5.16. The molecule has 6 nitrogen and oxygen atoms in total. The summed E-state index contributed by atoms with van der Waals surface area (Å²) in [6.07, 6.45) is 1.80. The molecule has 1 aromatic rings. The van der Waals surface area contributed by atoms with Crippen LogP contribution in [0.5, 0.6) is 0 Å². The molecule has 0 bridgehead atoms. The van der Waals surface area contributed by atoms with Crippen LogP contribution in [0, 0.1) is 0 Å². The first kappa shape index (κ1) is 14.1. The molecular weight excluding hydrogens is 266 g/mol. The second kappa shape index (κ2) is 5.36. The lowest BCUT2D eigenvalue weighted by Crippen LogP contribution is -2.37. The fourth-order valence-corrected chi connectivity index (χ4v) is 3.04. The second-order valence-corrected chi connectivity index (χ2v) is 6.22. The summed E-state index contributed by atoms with van der Waals surface area (Å²) < 4.78 is 28.2. The minimum absolute atomic E-state index is 0.0242. The summed E-state index contributed by atoms with van der Waals surface area (Å²) in [7, 11) is -1.89. The lowest BCUT2D eigenvalue weighted by atomic mass is 10.1. The topological polar surface area (TPSA) is 98.7 Å². The minimum atomic E-state index is -3.80. The molecule has 2 rings (SSSR count). The molecule has 1 heterocycles. The number of ether oxygens (including phenoxy) is 1. The lowest BCUT2D eigenvalue weighted by Gasteiger charge is -2.33. The molecule has 0 saturated carbocycles. The van der Waals surface area contributed by atoms with Crippen LogP contribution >= 0.6 is 0 Å². The molecular formula is C12H19N3O3S. The number of anilines is 2. The molecule has 1 aliphatic rings. The zero-order valence-corrected chi connectivity index (χ0v) is 11.7. The summed E-state index contributed by atoms with van der Waals surface area (Å²) in [5.74, 6) is 0. The van der Waals surface area contributed by atoms with E-state index in [9.17, 15) is 8.42 Å². The van der Waals surface area contributed by atoms with Gasteiger partial charge in [-0.1, -0.05) is 6.07 Å². The third-order valence-electron chi connectivity index (χ3n) is 3.47. The van der Waals surface area contributed by atoms with E-state index in [-0.39, 0.29) is 10.6 Å². The van der Waals surface area contributed by atoms with E-state index < -0.39 is 10.0 Å². The van der Waals surface area contributed by atoms with Crippen molar-refractivity contribution in [1.82, 2.24) is 0 Å². The molecule has 1 saturated heterocycles. The number of nitrogen functional groups attached to an aromatic ring is 1. The van der Waals surface area contributed by atoms with Gasteiger partial charge in [-0.2, -0.15) is 0 Å². The molecule has 4 N–H and O–H groups in total. The fourth-order valence-electron chi connectivity index (χ4n) is 2.36. The van der Waals surface area contributed by atoms with Crippen LogP contribution in [-0.2, 0) is 14.8 Å². The Hall–Kier alpha value is -1.31. The number of nitrogens with two attached hydrogens (primary N) is 2. The number of para-hydroxylation sites is 1. The van der Waals surface area contributed by atoms with Gasteiger partial charge in [0.25, 0.3) is 0 Å². The molecule has 1 fully saturated rings. The van der Waals surface area contributed by atoms with E-state index in [4.69, 9.17) is 15.6 Å². The third-order valence-corrected chi connectivity index (χ3v) is 4.44. The standard InChI is InChI=1S/C12H19N3O3S/c1-15(9-5-7-18-8-6-9)10-3-2-4-11(12(10)13)19(14,16)17/h2-4,9H,5-8,13H2,1H3,(H2,14,16,17). The largest absolute Gasteiger partial charge is 0.396 e. The lowest BCUT2D eigenvalue weighted by molar-refractivity contribution is 0.0855. The van der Waals surface area contributed by atoms with Gasteiger partial charge < -0.3 is 15.4 Å². The Balaban J connectivity index is 2.34. The van der Waals surface area contributed by atoms with Crippen LogP contribution in [-0.4, -0.2) is 34.7 Å². The van der Waals surface area contributed by atoms with Crippen LogP contribution in [0.15, 0.2) is 23.1 Å². The normalized spacial score (nSPS) is 17.4. The van der Waals surface area contributed by atoms with Crippen LogP contribution in [0.1, 0.15) is 12.8 Å². The van der Waals surface area contributed by atoms with E-state index in [0.29, 0.717) is 24.9 Å². The van der Waals surface area contributed by atoms with Gasteiger partial charge in [-0.25, -0.2) is 13.6 Å². The first-order valence-electron chi connectivity index (χ1n) is 6.13. The van der Waals surface area contributed by atoms with Gasteiger partial charge in [0.05, 0.1) is 11.4 Å². The van der Waals surface area contributed by atoms with Gasteiger partial charge >= 0.3 is 0 Å². The highest BCUT2D eigenvalue weighted by molar-refractivity contribution is 7.89. The van der Waals surface area contributed by atoms with Crippen molar-refractivity contribution in [3.8, 4) is 0 Å². The molecule has 0 spiro atoms. The fraction of sp³-hybridized carbons (Fsp3) is 0.500. The monoisotopic (exact) mass is 285 g/mol. The quantitative estimate of drug-likeness (QED) is 0.789. The van der Waals surface area contributed by atoms with Crippen molar-refractivity contribution < 1.29 is 13.2 Å². The van der Waals surface area contributed by atoms with E-state index in [1.165, 1.54) is 6.07 Å². The predicted octanol–water partition coefficient (Wildman–Crippen LogP) is 0.531. The maximum Gasteiger partial charge on any atom is 0.240 e. The van der Waals surface area contributed by atoms with Crippen LogP contribution < -0.4 is 15.8 Å². The highest BCUT2D eigenvalue weighted by Gasteiger charge is 2.22. The summed E-state index contributed by atoms with van der Waals surface area (Å²) in [6, 6.07) is 5.18. The van der Waals surface area contributed by atoms with Gasteiger partial charge in [0.2, 0.25) is 10.0 Å². The number of hydrogen-bond acceptors (Lipinski definition) is 5. The Morgan fingerprint density at radius 2 is 1.95 bits per heavy atom. The van der Waals surface area contributed by atoms with E-state index in [1.807, 2.05) is 11.9 Å². The molecule has 0 unspecified atom stereocenters. The van der Waals surface area contributed by atoms with Crippen molar-refractivity contribution in [2.75, 3.05) is 30.9 Å². The molecule has 0 aliphatic carbocycles. The molecule has 0 atom stereocenters. The van der Waals surface area contributed by atoms with Crippen molar-refractivity contribution in [2.24, 2.45) is 5.14 Å². The van der Waals surface area contributed by atoms with E-state index in [2.05, 4.69) is 0 Å². The van der Waals surface area contributed by atoms with E-state index in [0.717, 1.165) is 12.8 Å². The maximum atomic E-state index is 11.5. The first-order chi connectivity index (χ1) is 8.91. The number of sulfonamides is 1. The van der Waals surface area contributed by atoms with Crippen molar-refractivity contribution >= 4 is 21.4 Å². The molecule has 0 radical (unpaired) electrons. The van der Waals surface area contributed by atoms with Crippen molar-refractivity contribution in [2.45, 2.75) is 23.8 Å². The van der Waals surface area contributed by atoms with Crippen LogP contribution in [0.3, 0.4) is 0 Å². The van der Waals surface area contributed by atoms with Gasteiger partial charge in [0.1, 0.15) is 4.90 Å². The number of benzene rings is 1. The number of rotatable bonds is 3. The molecule has 1 aromatic carbocycles. The predicted molar refractivity (Wildman–Crippen MR) is 74.5 cm³/mol. The van der Waals surface area contributed by atoms with Crippen LogP contribution in [0.2, 0.25) is 0 Å². The first-order valence-corrected chi connectivity index (χ1v) is 7.68. The molecule has 106 valence electrons. The molecule has 0 amide bonds. The Bertz CT molecular complexity index is 553. The average molecular weight is 285 g/mol. The minimum Gasteiger partial charge on any atom is -0.396 e. The molecule has 7 heteroatoms. The van der Waals surface area contributed by atoms with E-state index in [1.54, 1.807) is 12.1 Å². The van der Waals surface area contributed by atoms with Gasteiger partial charge in [0.15, 0.2) is 0 Å². The van der Waals surface area contributed by atoms with Crippen molar-refractivity contribution in [1.29, 1.82) is 0 Å². The van der Waals surface area contributed by atoms with Gasteiger partial charge in [0, 0.05) is 26.3 Å². The van der Waals surface area contributed by atoms with E-state index >= 15 is 0 Å². The van der Waals surface area contributed by atoms with Gasteiger partial charge in [-0.15, -0.1) is 0 Å². The highest BCUT2D eigenvalue weighted by Crippen LogP contribution is 2.31. The Labute approximate surface area is 113 Å². The zero-order chi connectivity index (χ0) is 14.0. The third kappa shape index (κ3) is 2.99. The second-order valence-electron chi connectivity index (χ2n) is 4.69. The van der Waals surface area contributed by atoms with Gasteiger partial charge in [-0.05, 0) is 25.0 Å². The Morgan fingerprint density at radius 1 is 1.32 bits per heavy atom. The van der Waals surface area contributed by atoms with Gasteiger partial charge in [-0.3, -0.25) is 0 Å². The Morgan fingerprint density at radius 3 is 2.53 bits per heavy atom. The van der Waals surface area contributed by atoms with Crippen molar-refractivity contribution in [3.63, 3.8) is 0 Å². The highest BCUT2D eigenvalue weighted by atomic mass is 32.2. The Kier molecular flexibility index (Phi) is 3.98. The van der Waals surface area contributed by atoms with Crippen LogP contribution in [0.25, 0.3) is 0 Å². The summed E-state index contributed by atoms with van der Waals surface area (Å²) in [6.45, 7) is 1.42. The van der Waals surface area contributed by atoms with Crippen molar-refractivity contribution in [3.05, 3.63) is 18.2 Å². The molecule has 0 aromatic heterocycles. The smallest absolute Gasteiger partial charge is 0.240 e. The zero-order valence-electron chi connectivity index (χ0n) is 10.9. The average Bonchev–Trinajstić information content (AvgIpc) is 2.38. The molecule has 1 aliphatic heterocycles.